The van der Waals surface area contributed by atoms with Gasteiger partial charge in [-0.3, -0.25) is 4.79 Å². The first-order valence-corrected chi connectivity index (χ1v) is 8.29. The number of carbonyl (C=O) groups is 1. The largest absolute Gasteiger partial charge is 0.495 e. The number of nitrogens with one attached hydrogen (secondary N) is 2. The molecule has 0 aliphatic carbocycles. The van der Waals surface area contributed by atoms with Gasteiger partial charge in [-0.2, -0.15) is 5.26 Å². The fourth-order valence-electron chi connectivity index (χ4n) is 2.58. The molecular formula is C20H19N3O4. The van der Waals surface area contributed by atoms with Gasteiger partial charge in [0.05, 0.1) is 12.8 Å². The Bertz CT molecular complexity index is 931. The maximum Gasteiger partial charge on any atom is 0.267 e. The molecule has 0 saturated heterocycles. The molecule has 0 radical (unpaired) electrons. The van der Waals surface area contributed by atoms with Crippen molar-refractivity contribution < 1.29 is 19.0 Å². The van der Waals surface area contributed by atoms with Crippen molar-refractivity contribution in [2.45, 2.75) is 13.5 Å². The number of nitrogens with zero attached hydrogens (tertiary/aromatic N) is 1. The first kappa shape index (κ1) is 18.1. The molecule has 0 bridgehead atoms. The minimum atomic E-state index is -0.514. The Labute approximate surface area is 157 Å². The van der Waals surface area contributed by atoms with E-state index in [1.807, 2.05) is 37.3 Å². The van der Waals surface area contributed by atoms with E-state index in [1.54, 1.807) is 12.1 Å². The van der Waals surface area contributed by atoms with Crippen LogP contribution < -0.4 is 24.8 Å². The molecule has 1 aliphatic heterocycles. The van der Waals surface area contributed by atoms with Gasteiger partial charge in [-0.1, -0.05) is 12.1 Å². The summed E-state index contributed by atoms with van der Waals surface area (Å²) in [7, 11) is 1.52. The molecule has 0 unspecified atom stereocenters. The number of hydrogen-bond donors (Lipinski definition) is 2. The highest BCUT2D eigenvalue weighted by Gasteiger charge is 2.14. The lowest BCUT2D eigenvalue weighted by molar-refractivity contribution is -0.112. The van der Waals surface area contributed by atoms with Crippen LogP contribution in [0.3, 0.4) is 0 Å². The van der Waals surface area contributed by atoms with Crippen LogP contribution in [-0.2, 0) is 11.3 Å². The van der Waals surface area contributed by atoms with Crippen LogP contribution in [0, 0.1) is 18.3 Å². The zero-order chi connectivity index (χ0) is 19.2. The van der Waals surface area contributed by atoms with Crippen LogP contribution >= 0.6 is 0 Å². The summed E-state index contributed by atoms with van der Waals surface area (Å²) < 4.78 is 15.8. The monoisotopic (exact) mass is 365 g/mol. The second-order valence-electron chi connectivity index (χ2n) is 5.90. The summed E-state index contributed by atoms with van der Waals surface area (Å²) in [6, 6.07) is 12.9. The number of benzene rings is 2. The van der Waals surface area contributed by atoms with Gasteiger partial charge in [0.15, 0.2) is 11.5 Å². The van der Waals surface area contributed by atoms with Gasteiger partial charge in [-0.25, -0.2) is 0 Å². The minimum Gasteiger partial charge on any atom is -0.495 e. The molecule has 1 aliphatic rings. The van der Waals surface area contributed by atoms with Crippen molar-refractivity contribution in [3.05, 3.63) is 59.3 Å². The second-order valence-corrected chi connectivity index (χ2v) is 5.90. The van der Waals surface area contributed by atoms with Crippen LogP contribution in [0.2, 0.25) is 0 Å². The fraction of sp³-hybridized carbons (Fsp3) is 0.200. The average Bonchev–Trinajstić information content (AvgIpc) is 3.13. The van der Waals surface area contributed by atoms with Gasteiger partial charge < -0.3 is 24.8 Å². The van der Waals surface area contributed by atoms with Crippen LogP contribution in [0.1, 0.15) is 11.1 Å². The highest BCUT2D eigenvalue weighted by atomic mass is 16.7. The highest BCUT2D eigenvalue weighted by molar-refractivity contribution is 6.07. The summed E-state index contributed by atoms with van der Waals surface area (Å²) in [5, 5.41) is 15.0. The standard InChI is InChI=1S/C20H19N3O4/c1-13-3-5-17(25-2)16(7-13)23-20(24)15(9-21)11-22-10-14-4-6-18-19(8-14)27-12-26-18/h3-8,11,22H,10,12H2,1-2H3,(H,23,24)/b15-11-. The molecule has 0 aromatic heterocycles. The minimum absolute atomic E-state index is 0.0423. The van der Waals surface area contributed by atoms with E-state index in [9.17, 15) is 10.1 Å². The molecule has 0 saturated carbocycles. The van der Waals surface area contributed by atoms with E-state index >= 15 is 0 Å². The molecule has 7 heteroatoms. The number of aryl methyl sites for hydroxylation is 1. The number of rotatable bonds is 6. The molecular weight excluding hydrogens is 346 g/mol. The van der Waals surface area contributed by atoms with Gasteiger partial charge in [0.2, 0.25) is 6.79 Å². The average molecular weight is 365 g/mol. The smallest absolute Gasteiger partial charge is 0.267 e. The molecule has 1 heterocycles. The molecule has 2 N–H and O–H groups in total. The quantitative estimate of drug-likeness (QED) is 0.604. The predicted molar refractivity (Wildman–Crippen MR) is 99.5 cm³/mol. The summed E-state index contributed by atoms with van der Waals surface area (Å²) in [6.07, 6.45) is 1.39. The SMILES string of the molecule is COc1ccc(C)cc1NC(=O)/C(C#N)=C\NCc1ccc2c(c1)OCO2. The third-order valence-electron chi connectivity index (χ3n) is 3.96. The number of carbonyl (C=O) groups excluding carboxylic acids is 1. The molecule has 3 rings (SSSR count). The lowest BCUT2D eigenvalue weighted by atomic mass is 10.2. The molecule has 0 fully saturated rings. The van der Waals surface area contributed by atoms with Crippen LogP contribution in [0.4, 0.5) is 5.69 Å². The van der Waals surface area contributed by atoms with Crippen molar-refractivity contribution in [2.75, 3.05) is 19.2 Å². The normalized spacial score (nSPS) is 12.3. The lowest BCUT2D eigenvalue weighted by Gasteiger charge is -2.10. The topological polar surface area (TPSA) is 92.6 Å². The van der Waals surface area contributed by atoms with E-state index in [0.717, 1.165) is 11.1 Å². The highest BCUT2D eigenvalue weighted by Crippen LogP contribution is 2.32. The third-order valence-corrected chi connectivity index (χ3v) is 3.96. The van der Waals surface area contributed by atoms with Gasteiger partial charge in [0.25, 0.3) is 5.91 Å². The summed E-state index contributed by atoms with van der Waals surface area (Å²) in [5.74, 6) is 1.40. The second kappa shape index (κ2) is 8.15. The third kappa shape index (κ3) is 4.30. The Kier molecular flexibility index (Phi) is 5.47. The van der Waals surface area contributed by atoms with Crippen molar-refractivity contribution >= 4 is 11.6 Å². The number of amides is 1. The molecule has 0 spiro atoms. The zero-order valence-electron chi connectivity index (χ0n) is 15.0. The molecule has 7 nitrogen and oxygen atoms in total. The number of hydrogen-bond acceptors (Lipinski definition) is 6. The number of methoxy groups -OCH3 is 1. The van der Waals surface area contributed by atoms with Gasteiger partial charge in [-0.15, -0.1) is 0 Å². The number of nitriles is 1. The molecule has 27 heavy (non-hydrogen) atoms. The molecule has 1 amide bonds. The van der Waals surface area contributed by atoms with Gasteiger partial charge in [0, 0.05) is 12.7 Å². The van der Waals surface area contributed by atoms with Gasteiger partial charge in [0.1, 0.15) is 17.4 Å². The summed E-state index contributed by atoms with van der Waals surface area (Å²) in [6.45, 7) is 2.55. The summed E-state index contributed by atoms with van der Waals surface area (Å²) >= 11 is 0. The van der Waals surface area contributed by atoms with E-state index in [4.69, 9.17) is 14.2 Å². The Balaban J connectivity index is 1.65. The number of ether oxygens (including phenoxy) is 3. The summed E-state index contributed by atoms with van der Waals surface area (Å²) in [5.41, 5.74) is 2.38. The first-order valence-electron chi connectivity index (χ1n) is 8.29. The van der Waals surface area contributed by atoms with Gasteiger partial charge >= 0.3 is 0 Å². The van der Waals surface area contributed by atoms with Crippen molar-refractivity contribution in [3.63, 3.8) is 0 Å². The molecule has 138 valence electrons. The number of fused-ring (bicyclic) bond motifs is 1. The van der Waals surface area contributed by atoms with E-state index in [-0.39, 0.29) is 12.4 Å². The van der Waals surface area contributed by atoms with Gasteiger partial charge in [-0.05, 0) is 42.3 Å². The Morgan fingerprint density at radius 1 is 1.26 bits per heavy atom. The maximum atomic E-state index is 12.4. The van der Waals surface area contributed by atoms with Crippen molar-refractivity contribution in [1.29, 1.82) is 5.26 Å². The maximum absolute atomic E-state index is 12.4. The predicted octanol–water partition coefficient (Wildman–Crippen LogP) is 2.87. The number of anilines is 1. The Morgan fingerprint density at radius 2 is 2.07 bits per heavy atom. The van der Waals surface area contributed by atoms with Crippen LogP contribution in [0.5, 0.6) is 17.2 Å². The Hall–Kier alpha value is -3.66. The van der Waals surface area contributed by atoms with Crippen LogP contribution in [0.25, 0.3) is 0 Å². The van der Waals surface area contributed by atoms with E-state index in [1.165, 1.54) is 13.3 Å². The summed E-state index contributed by atoms with van der Waals surface area (Å²) in [4.78, 5) is 12.4. The van der Waals surface area contributed by atoms with Crippen molar-refractivity contribution in [2.24, 2.45) is 0 Å². The van der Waals surface area contributed by atoms with E-state index in [0.29, 0.717) is 29.5 Å². The Morgan fingerprint density at radius 3 is 2.85 bits per heavy atom. The fourth-order valence-corrected chi connectivity index (χ4v) is 2.58. The lowest BCUT2D eigenvalue weighted by Crippen LogP contribution is -2.17. The van der Waals surface area contributed by atoms with Crippen molar-refractivity contribution in [1.82, 2.24) is 5.32 Å². The van der Waals surface area contributed by atoms with E-state index < -0.39 is 5.91 Å². The zero-order valence-corrected chi connectivity index (χ0v) is 15.0. The van der Waals surface area contributed by atoms with E-state index in [2.05, 4.69) is 10.6 Å². The molecule has 0 atom stereocenters. The molecule has 2 aromatic carbocycles. The van der Waals surface area contributed by atoms with Crippen LogP contribution in [0.15, 0.2) is 48.2 Å². The molecule has 2 aromatic rings. The first-order chi connectivity index (χ1) is 13.1. The van der Waals surface area contributed by atoms with Crippen LogP contribution in [-0.4, -0.2) is 19.8 Å². The van der Waals surface area contributed by atoms with Crippen molar-refractivity contribution in [3.8, 4) is 23.3 Å².